The van der Waals surface area contributed by atoms with E-state index in [0.717, 1.165) is 33.7 Å². The predicted octanol–water partition coefficient (Wildman–Crippen LogP) is 4.69. The first kappa shape index (κ1) is 17.8. The zero-order valence-electron chi connectivity index (χ0n) is 16.0. The molecule has 0 atom stereocenters. The molecule has 1 N–H and O–H groups in total. The van der Waals surface area contributed by atoms with Crippen LogP contribution in [0.15, 0.2) is 78.0 Å². The molecule has 1 aromatic heterocycles. The van der Waals surface area contributed by atoms with Crippen LogP contribution in [0.2, 0.25) is 0 Å². The maximum Gasteiger partial charge on any atom is 0.129 e. The second-order valence-electron chi connectivity index (χ2n) is 6.47. The third-order valence-corrected chi connectivity index (χ3v) is 4.64. The van der Waals surface area contributed by atoms with Gasteiger partial charge in [-0.05, 0) is 42.0 Å². The van der Waals surface area contributed by atoms with Gasteiger partial charge in [0.1, 0.15) is 12.1 Å². The average molecular weight is 370 g/mol. The molecule has 0 unspecified atom stereocenters. The molecule has 0 saturated heterocycles. The number of methoxy groups -OCH3 is 1. The molecule has 4 aromatic rings. The summed E-state index contributed by atoms with van der Waals surface area (Å²) in [5.74, 6) is 0.800. The third kappa shape index (κ3) is 3.60. The van der Waals surface area contributed by atoms with Gasteiger partial charge in [0.15, 0.2) is 0 Å². The van der Waals surface area contributed by atoms with Crippen molar-refractivity contribution in [3.05, 3.63) is 84.2 Å². The molecule has 28 heavy (non-hydrogen) atoms. The molecule has 3 aromatic carbocycles. The van der Waals surface area contributed by atoms with Gasteiger partial charge in [0.2, 0.25) is 0 Å². The quantitative estimate of drug-likeness (QED) is 0.501. The van der Waals surface area contributed by atoms with Gasteiger partial charge in [0.05, 0.1) is 18.1 Å². The minimum Gasteiger partial charge on any atom is -0.496 e. The number of fused-ring (bicyclic) bond motifs is 1. The fourth-order valence-corrected chi connectivity index (χ4v) is 3.25. The topological polar surface area (TPSA) is 51.4 Å². The van der Waals surface area contributed by atoms with Crippen molar-refractivity contribution in [3.8, 4) is 11.4 Å². The summed E-state index contributed by atoms with van der Waals surface area (Å²) >= 11 is 0. The van der Waals surface area contributed by atoms with E-state index in [2.05, 4.69) is 50.2 Å². The Morgan fingerprint density at radius 3 is 2.82 bits per heavy atom. The van der Waals surface area contributed by atoms with Gasteiger partial charge in [-0.3, -0.25) is 9.56 Å². The molecule has 5 nitrogen and oxygen atoms in total. The smallest absolute Gasteiger partial charge is 0.129 e. The Bertz CT molecular complexity index is 1130. The Morgan fingerprint density at radius 1 is 1.07 bits per heavy atom. The standard InChI is InChI=1S/C23H22N4O/c1-24-15-18-10-11-19(13-23(18)28-2)25-14-17-6-5-7-20(12-17)27-16-26-21-8-3-4-9-22(21)27/h3-13,15-16,25H,14H2,1-2H3. The highest BCUT2D eigenvalue weighted by molar-refractivity contribution is 5.84. The number of nitrogens with zero attached hydrogens (tertiary/aromatic N) is 3. The Labute approximate surface area is 164 Å². The van der Waals surface area contributed by atoms with E-state index in [9.17, 15) is 0 Å². The first-order chi connectivity index (χ1) is 13.8. The molecule has 0 aliphatic rings. The van der Waals surface area contributed by atoms with Crippen molar-refractivity contribution in [1.82, 2.24) is 9.55 Å². The largest absolute Gasteiger partial charge is 0.496 e. The van der Waals surface area contributed by atoms with Crippen molar-refractivity contribution in [2.45, 2.75) is 6.54 Å². The Kier molecular flexibility index (Phi) is 5.06. The zero-order chi connectivity index (χ0) is 19.3. The summed E-state index contributed by atoms with van der Waals surface area (Å²) in [7, 11) is 3.42. The van der Waals surface area contributed by atoms with Crippen LogP contribution < -0.4 is 10.1 Å². The van der Waals surface area contributed by atoms with Gasteiger partial charge < -0.3 is 10.1 Å². The highest BCUT2D eigenvalue weighted by atomic mass is 16.5. The van der Waals surface area contributed by atoms with Gasteiger partial charge in [-0.1, -0.05) is 24.3 Å². The van der Waals surface area contributed by atoms with Gasteiger partial charge >= 0.3 is 0 Å². The molecule has 140 valence electrons. The lowest BCUT2D eigenvalue weighted by Crippen LogP contribution is -2.02. The molecule has 0 saturated carbocycles. The Balaban J connectivity index is 1.54. The number of rotatable bonds is 6. The summed E-state index contributed by atoms with van der Waals surface area (Å²) < 4.78 is 7.57. The minimum atomic E-state index is 0.713. The predicted molar refractivity (Wildman–Crippen MR) is 115 cm³/mol. The van der Waals surface area contributed by atoms with Crippen LogP contribution in [0.1, 0.15) is 11.1 Å². The summed E-state index contributed by atoms with van der Waals surface area (Å²) in [5, 5.41) is 3.47. The number of aliphatic imine (C=N–C) groups is 1. The van der Waals surface area contributed by atoms with Crippen molar-refractivity contribution in [3.63, 3.8) is 0 Å². The van der Waals surface area contributed by atoms with E-state index in [0.29, 0.717) is 6.54 Å². The third-order valence-electron chi connectivity index (χ3n) is 4.64. The molecule has 0 fully saturated rings. The first-order valence-corrected chi connectivity index (χ1v) is 9.14. The van der Waals surface area contributed by atoms with Crippen molar-refractivity contribution in [2.75, 3.05) is 19.5 Å². The van der Waals surface area contributed by atoms with Crippen LogP contribution in [0, 0.1) is 0 Å². The summed E-state index contributed by atoms with van der Waals surface area (Å²) in [6, 6.07) is 22.6. The van der Waals surface area contributed by atoms with E-state index in [1.165, 1.54) is 5.56 Å². The maximum atomic E-state index is 5.46. The van der Waals surface area contributed by atoms with Crippen LogP contribution in [0.5, 0.6) is 5.75 Å². The van der Waals surface area contributed by atoms with Crippen molar-refractivity contribution in [2.24, 2.45) is 4.99 Å². The maximum absolute atomic E-state index is 5.46. The van der Waals surface area contributed by atoms with E-state index >= 15 is 0 Å². The van der Waals surface area contributed by atoms with Gasteiger partial charge in [-0.15, -0.1) is 0 Å². The number of nitrogens with one attached hydrogen (secondary N) is 1. The highest BCUT2D eigenvalue weighted by Crippen LogP contribution is 2.23. The van der Waals surface area contributed by atoms with E-state index in [-0.39, 0.29) is 0 Å². The number of hydrogen-bond acceptors (Lipinski definition) is 4. The number of benzene rings is 3. The van der Waals surface area contributed by atoms with Crippen LogP contribution in [0.3, 0.4) is 0 Å². The van der Waals surface area contributed by atoms with Crippen molar-refractivity contribution >= 4 is 22.9 Å². The lowest BCUT2D eigenvalue weighted by atomic mass is 10.1. The molecule has 1 heterocycles. The molecule has 0 radical (unpaired) electrons. The molecule has 0 bridgehead atoms. The van der Waals surface area contributed by atoms with Crippen LogP contribution in [-0.2, 0) is 6.54 Å². The van der Waals surface area contributed by atoms with E-state index in [1.54, 1.807) is 20.4 Å². The van der Waals surface area contributed by atoms with Crippen LogP contribution in [0.25, 0.3) is 16.7 Å². The molecule has 4 rings (SSSR count). The van der Waals surface area contributed by atoms with Crippen LogP contribution in [0.4, 0.5) is 5.69 Å². The Morgan fingerprint density at radius 2 is 1.96 bits per heavy atom. The number of aromatic nitrogens is 2. The number of anilines is 1. The van der Waals surface area contributed by atoms with Gasteiger partial charge in [-0.2, -0.15) is 0 Å². The number of hydrogen-bond donors (Lipinski definition) is 1. The monoisotopic (exact) mass is 370 g/mol. The van der Waals surface area contributed by atoms with Gasteiger partial charge in [-0.25, -0.2) is 4.98 Å². The summed E-state index contributed by atoms with van der Waals surface area (Å²) in [4.78, 5) is 8.54. The fraction of sp³-hybridized carbons (Fsp3) is 0.130. The number of ether oxygens (including phenoxy) is 1. The second kappa shape index (κ2) is 7.96. The van der Waals surface area contributed by atoms with Gasteiger partial charge in [0.25, 0.3) is 0 Å². The van der Waals surface area contributed by atoms with E-state index in [4.69, 9.17) is 4.74 Å². The molecular formula is C23H22N4O. The molecule has 0 amide bonds. The molecule has 5 heteroatoms. The van der Waals surface area contributed by atoms with Crippen LogP contribution in [-0.4, -0.2) is 29.9 Å². The van der Waals surface area contributed by atoms with E-state index < -0.39 is 0 Å². The van der Waals surface area contributed by atoms with E-state index in [1.807, 2.05) is 42.7 Å². The zero-order valence-corrected chi connectivity index (χ0v) is 16.0. The SMILES string of the molecule is CN=Cc1ccc(NCc2cccc(-n3cnc4ccccc43)c2)cc1OC. The van der Waals surface area contributed by atoms with Crippen molar-refractivity contribution in [1.29, 1.82) is 0 Å². The van der Waals surface area contributed by atoms with Gasteiger partial charge in [0, 0.05) is 42.8 Å². The molecular weight excluding hydrogens is 348 g/mol. The highest BCUT2D eigenvalue weighted by Gasteiger charge is 2.06. The summed E-state index contributed by atoms with van der Waals surface area (Å²) in [5.41, 5.74) is 6.35. The molecule has 0 aliphatic carbocycles. The number of imidazole rings is 1. The first-order valence-electron chi connectivity index (χ1n) is 9.14. The second-order valence-corrected chi connectivity index (χ2v) is 6.47. The summed E-state index contributed by atoms with van der Waals surface area (Å²) in [6.45, 7) is 0.713. The molecule has 0 spiro atoms. The number of para-hydroxylation sites is 2. The fourth-order valence-electron chi connectivity index (χ4n) is 3.25. The average Bonchev–Trinajstić information content (AvgIpc) is 3.17. The Hall–Kier alpha value is -3.60. The lowest BCUT2D eigenvalue weighted by molar-refractivity contribution is 0.414. The lowest BCUT2D eigenvalue weighted by Gasteiger charge is -2.11. The van der Waals surface area contributed by atoms with Crippen LogP contribution >= 0.6 is 0 Å². The minimum absolute atomic E-state index is 0.713. The normalized spacial score (nSPS) is 11.2. The molecule has 0 aliphatic heterocycles. The summed E-state index contributed by atoms with van der Waals surface area (Å²) in [6.07, 6.45) is 3.66. The van der Waals surface area contributed by atoms with Crippen molar-refractivity contribution < 1.29 is 4.74 Å².